The highest BCUT2D eigenvalue weighted by atomic mass is 19.2. The molecular formula is C29H34F4O. The molecule has 2 saturated carbocycles. The first-order valence-electron chi connectivity index (χ1n) is 12.6. The molecule has 0 amide bonds. The van der Waals surface area contributed by atoms with Crippen molar-refractivity contribution in [2.75, 3.05) is 6.61 Å². The lowest BCUT2D eigenvalue weighted by Crippen LogP contribution is -2.25. The van der Waals surface area contributed by atoms with E-state index in [-0.39, 0.29) is 35.5 Å². The first kappa shape index (κ1) is 24.8. The van der Waals surface area contributed by atoms with Crippen LogP contribution in [0.4, 0.5) is 17.6 Å². The summed E-state index contributed by atoms with van der Waals surface area (Å²) in [5.74, 6) is -0.765. The minimum atomic E-state index is -1.05. The quantitative estimate of drug-likeness (QED) is 0.379. The monoisotopic (exact) mass is 474 g/mol. The molecule has 5 heteroatoms. The van der Waals surface area contributed by atoms with Gasteiger partial charge in [-0.05, 0) is 118 Å². The summed E-state index contributed by atoms with van der Waals surface area (Å²) in [5.41, 5.74) is 1.02. The van der Waals surface area contributed by atoms with Crippen LogP contribution in [-0.2, 0) is 0 Å². The van der Waals surface area contributed by atoms with Crippen molar-refractivity contribution in [1.29, 1.82) is 0 Å². The van der Waals surface area contributed by atoms with Crippen LogP contribution in [0, 0.1) is 35.2 Å². The van der Waals surface area contributed by atoms with Gasteiger partial charge in [0, 0.05) is 5.56 Å². The van der Waals surface area contributed by atoms with Crippen LogP contribution in [0.1, 0.15) is 76.7 Å². The van der Waals surface area contributed by atoms with Crippen LogP contribution in [-0.4, -0.2) is 6.61 Å². The molecule has 2 fully saturated rings. The van der Waals surface area contributed by atoms with Crippen LogP contribution in [0.25, 0.3) is 11.1 Å². The maximum Gasteiger partial charge on any atom is 0.201 e. The average molecular weight is 475 g/mol. The molecule has 0 saturated heterocycles. The summed E-state index contributed by atoms with van der Waals surface area (Å²) >= 11 is 0. The van der Waals surface area contributed by atoms with E-state index in [0.29, 0.717) is 28.9 Å². The smallest absolute Gasteiger partial charge is 0.201 e. The van der Waals surface area contributed by atoms with Crippen LogP contribution in [0.2, 0.25) is 0 Å². The van der Waals surface area contributed by atoms with Crippen molar-refractivity contribution in [1.82, 2.24) is 0 Å². The molecule has 0 aromatic heterocycles. The molecule has 2 aliphatic rings. The van der Waals surface area contributed by atoms with Crippen molar-refractivity contribution in [2.45, 2.75) is 71.1 Å². The molecule has 0 atom stereocenters. The zero-order valence-corrected chi connectivity index (χ0v) is 20.1. The maximum atomic E-state index is 15.1. The van der Waals surface area contributed by atoms with Crippen LogP contribution in [0.15, 0.2) is 42.2 Å². The fourth-order valence-corrected chi connectivity index (χ4v) is 6.06. The zero-order valence-electron chi connectivity index (χ0n) is 20.1. The van der Waals surface area contributed by atoms with Gasteiger partial charge in [0.15, 0.2) is 11.6 Å². The van der Waals surface area contributed by atoms with Gasteiger partial charge in [-0.1, -0.05) is 18.2 Å². The number of allylic oxidation sites excluding steroid dienone is 2. The highest BCUT2D eigenvalue weighted by Gasteiger charge is 2.32. The molecule has 0 heterocycles. The minimum absolute atomic E-state index is 0.0310. The van der Waals surface area contributed by atoms with Crippen LogP contribution >= 0.6 is 0 Å². The number of hydrogen-bond donors (Lipinski definition) is 0. The van der Waals surface area contributed by atoms with Gasteiger partial charge in [-0.2, -0.15) is 4.39 Å². The van der Waals surface area contributed by atoms with E-state index in [1.54, 1.807) is 25.1 Å². The van der Waals surface area contributed by atoms with Gasteiger partial charge in [0.25, 0.3) is 0 Å². The van der Waals surface area contributed by atoms with Crippen molar-refractivity contribution in [3.63, 3.8) is 0 Å². The summed E-state index contributed by atoms with van der Waals surface area (Å²) in [6, 6.07) is 7.56. The SMILES string of the molecule is CCOc1ccc(-c2ccc(C3CCC(C4CCC(/C=C(/C)F)CC4)CC3)c(F)c2)c(F)c1F. The highest BCUT2D eigenvalue weighted by molar-refractivity contribution is 5.66. The number of benzene rings is 2. The summed E-state index contributed by atoms with van der Waals surface area (Å²) in [5, 5.41) is 0. The zero-order chi connectivity index (χ0) is 24.2. The Hall–Kier alpha value is -2.30. The Balaban J connectivity index is 1.39. The van der Waals surface area contributed by atoms with Gasteiger partial charge < -0.3 is 4.74 Å². The minimum Gasteiger partial charge on any atom is -0.491 e. The maximum absolute atomic E-state index is 15.1. The van der Waals surface area contributed by atoms with Gasteiger partial charge in [0.2, 0.25) is 5.82 Å². The normalized spacial score (nSPS) is 25.9. The van der Waals surface area contributed by atoms with E-state index in [1.165, 1.54) is 25.1 Å². The molecule has 0 unspecified atom stereocenters. The van der Waals surface area contributed by atoms with Crippen molar-refractivity contribution in [3.05, 3.63) is 65.2 Å². The third-order valence-corrected chi connectivity index (χ3v) is 7.82. The van der Waals surface area contributed by atoms with Crippen molar-refractivity contribution >= 4 is 0 Å². The molecule has 1 nitrogen and oxygen atoms in total. The van der Waals surface area contributed by atoms with E-state index in [9.17, 15) is 13.2 Å². The molecule has 2 aromatic rings. The number of hydrogen-bond acceptors (Lipinski definition) is 1. The van der Waals surface area contributed by atoms with E-state index in [4.69, 9.17) is 4.74 Å². The summed E-state index contributed by atoms with van der Waals surface area (Å²) < 4.78 is 62.2. The molecule has 0 spiro atoms. The Kier molecular flexibility index (Phi) is 8.00. The predicted molar refractivity (Wildman–Crippen MR) is 128 cm³/mol. The Morgan fingerprint density at radius 3 is 2.12 bits per heavy atom. The first-order valence-corrected chi connectivity index (χ1v) is 12.6. The fourth-order valence-electron chi connectivity index (χ4n) is 6.06. The van der Waals surface area contributed by atoms with Gasteiger partial charge >= 0.3 is 0 Å². The lowest BCUT2D eigenvalue weighted by Gasteiger charge is -2.37. The van der Waals surface area contributed by atoms with Crippen LogP contribution < -0.4 is 4.74 Å². The molecule has 34 heavy (non-hydrogen) atoms. The second kappa shape index (κ2) is 11.0. The van der Waals surface area contributed by atoms with Gasteiger partial charge in [-0.25, -0.2) is 13.2 Å². The lowest BCUT2D eigenvalue weighted by molar-refractivity contribution is 0.170. The van der Waals surface area contributed by atoms with Crippen molar-refractivity contribution in [3.8, 4) is 16.9 Å². The number of ether oxygens (including phenoxy) is 1. The summed E-state index contributed by atoms with van der Waals surface area (Å²) in [7, 11) is 0. The van der Waals surface area contributed by atoms with Crippen molar-refractivity contribution in [2.24, 2.45) is 17.8 Å². The summed E-state index contributed by atoms with van der Waals surface area (Å²) in [6.45, 7) is 3.45. The average Bonchev–Trinajstić information content (AvgIpc) is 2.83. The Morgan fingerprint density at radius 2 is 1.53 bits per heavy atom. The molecule has 2 aromatic carbocycles. The van der Waals surface area contributed by atoms with Gasteiger partial charge in [0.05, 0.1) is 12.4 Å². The molecule has 184 valence electrons. The van der Waals surface area contributed by atoms with E-state index < -0.39 is 11.6 Å². The Labute approximate surface area is 200 Å². The molecule has 0 N–H and O–H groups in total. The topological polar surface area (TPSA) is 9.23 Å². The molecule has 4 rings (SSSR count). The van der Waals surface area contributed by atoms with Crippen LogP contribution in [0.3, 0.4) is 0 Å². The largest absolute Gasteiger partial charge is 0.491 e. The number of halogens is 4. The second-order valence-corrected chi connectivity index (χ2v) is 9.95. The second-order valence-electron chi connectivity index (χ2n) is 9.95. The highest BCUT2D eigenvalue weighted by Crippen LogP contribution is 2.45. The molecule has 0 radical (unpaired) electrons. The van der Waals surface area contributed by atoms with Crippen LogP contribution in [0.5, 0.6) is 5.75 Å². The Bertz CT molecular complexity index is 1010. The first-order chi connectivity index (χ1) is 16.4. The Morgan fingerprint density at radius 1 is 0.882 bits per heavy atom. The van der Waals surface area contributed by atoms with E-state index in [0.717, 1.165) is 51.4 Å². The van der Waals surface area contributed by atoms with E-state index in [1.807, 2.05) is 0 Å². The van der Waals surface area contributed by atoms with Gasteiger partial charge in [-0.15, -0.1) is 0 Å². The van der Waals surface area contributed by atoms with Crippen molar-refractivity contribution < 1.29 is 22.3 Å². The molecule has 2 aliphatic carbocycles. The van der Waals surface area contributed by atoms with E-state index >= 15 is 4.39 Å². The molecule has 0 bridgehead atoms. The number of rotatable bonds is 6. The third-order valence-electron chi connectivity index (χ3n) is 7.82. The van der Waals surface area contributed by atoms with Gasteiger partial charge in [0.1, 0.15) is 5.82 Å². The molecule has 0 aliphatic heterocycles. The molecular weight excluding hydrogens is 440 g/mol. The lowest BCUT2D eigenvalue weighted by atomic mass is 9.68. The van der Waals surface area contributed by atoms with E-state index in [2.05, 4.69) is 0 Å². The predicted octanol–water partition coefficient (Wildman–Crippen LogP) is 9.12. The summed E-state index contributed by atoms with van der Waals surface area (Å²) in [4.78, 5) is 0. The fraction of sp³-hybridized carbons (Fsp3) is 0.517. The standard InChI is InChI=1S/C29H34F4O/c1-3-34-27-15-14-25(28(32)29(27)33)23-12-13-24(26(31)17-23)22-10-8-21(9-11-22)20-6-4-19(5-7-20)16-18(2)30/h12-17,19-22H,3-11H2,1-2H3/b18-16-. The summed E-state index contributed by atoms with van der Waals surface area (Å²) in [6.07, 6.45) is 10.2. The third kappa shape index (κ3) is 5.50. The van der Waals surface area contributed by atoms with Gasteiger partial charge in [-0.3, -0.25) is 0 Å².